The highest BCUT2D eigenvalue weighted by Gasteiger charge is 2.42. The zero-order chi connectivity index (χ0) is 23.1. The Bertz CT molecular complexity index is 979. The minimum absolute atomic E-state index is 0.0193. The Labute approximate surface area is 196 Å². The van der Waals surface area contributed by atoms with E-state index in [-0.39, 0.29) is 23.0 Å². The second-order valence-electron chi connectivity index (χ2n) is 10.9. The van der Waals surface area contributed by atoms with E-state index in [1.165, 1.54) is 29.7 Å². The maximum atomic E-state index is 12.4. The Morgan fingerprint density at radius 3 is 2.59 bits per heavy atom. The molecule has 2 N–H and O–H groups in total. The molecule has 0 spiro atoms. The van der Waals surface area contributed by atoms with Crippen molar-refractivity contribution in [1.29, 1.82) is 0 Å². The van der Waals surface area contributed by atoms with Crippen LogP contribution >= 0.6 is 11.3 Å². The van der Waals surface area contributed by atoms with Gasteiger partial charge in [-0.25, -0.2) is 9.97 Å². The summed E-state index contributed by atoms with van der Waals surface area (Å²) in [6.07, 6.45) is 9.78. The number of thiophene rings is 1. The number of carbonyl (C=O) groups is 1. The van der Waals surface area contributed by atoms with Crippen molar-refractivity contribution in [2.75, 3.05) is 0 Å². The fraction of sp³-hybridized carbons (Fsp3) is 0.708. The van der Waals surface area contributed by atoms with Crippen molar-refractivity contribution in [1.82, 2.24) is 9.97 Å². The molecule has 2 aliphatic carbocycles. The molecule has 1 amide bonds. The van der Waals surface area contributed by atoms with Gasteiger partial charge in [-0.2, -0.15) is 0 Å². The Morgan fingerprint density at radius 2 is 1.94 bits per heavy atom. The zero-order valence-electron chi connectivity index (χ0n) is 20.1. The number of hydrogen-bond donors (Lipinski definition) is 1. The van der Waals surface area contributed by atoms with Crippen LogP contribution in [0, 0.1) is 0 Å². The molecule has 32 heavy (non-hydrogen) atoms. The Morgan fingerprint density at radius 1 is 1.22 bits per heavy atom. The van der Waals surface area contributed by atoms with Crippen LogP contribution in [0.5, 0.6) is 5.88 Å². The molecule has 0 aliphatic heterocycles. The molecule has 1 fully saturated rings. The van der Waals surface area contributed by atoms with Crippen LogP contribution in [-0.4, -0.2) is 36.4 Å². The molecule has 0 unspecified atom stereocenters. The van der Waals surface area contributed by atoms with E-state index in [0.29, 0.717) is 12.3 Å². The van der Waals surface area contributed by atoms with Gasteiger partial charge in [0.15, 0.2) is 8.32 Å². The summed E-state index contributed by atoms with van der Waals surface area (Å²) >= 11 is 1.74. The molecule has 1 saturated carbocycles. The number of rotatable bonds is 7. The summed E-state index contributed by atoms with van der Waals surface area (Å²) in [5.41, 5.74) is 7.10. The Kier molecular flexibility index (Phi) is 6.67. The summed E-state index contributed by atoms with van der Waals surface area (Å²) in [5, 5.41) is 1.07. The van der Waals surface area contributed by atoms with Crippen LogP contribution < -0.4 is 10.5 Å². The third kappa shape index (κ3) is 4.73. The minimum Gasteiger partial charge on any atom is -0.474 e. The van der Waals surface area contributed by atoms with Gasteiger partial charge in [0, 0.05) is 4.88 Å². The number of nitrogens with zero attached hydrogens (tertiary/aromatic N) is 2. The molecule has 2 aliphatic rings. The standard InChI is InChI=1S/C24H37N3O3SSi/c1-24(2,3)32(4,5)30-17(21(25)28)13-15-11-12-18-19(15)20-22(26-14-27-23(20)31-18)29-16-9-7-6-8-10-16/h14-17H,6-13H2,1-5H3,(H2,25,28)/t15-,17+/m1/s1. The second-order valence-corrected chi connectivity index (χ2v) is 16.8. The molecule has 176 valence electrons. The van der Waals surface area contributed by atoms with E-state index in [1.54, 1.807) is 17.7 Å². The van der Waals surface area contributed by atoms with Crippen molar-refractivity contribution in [3.8, 4) is 5.88 Å². The SMILES string of the molecule is CC(C)(C)[Si](C)(C)O[C@@H](C[C@H]1CCc2sc3ncnc(OC4CCCCC4)c3c21)C(N)=O. The average molecular weight is 476 g/mol. The smallest absolute Gasteiger partial charge is 0.245 e. The van der Waals surface area contributed by atoms with Gasteiger partial charge in [-0.15, -0.1) is 11.3 Å². The fourth-order valence-electron chi connectivity index (χ4n) is 4.72. The summed E-state index contributed by atoms with van der Waals surface area (Å²) in [4.78, 5) is 23.8. The molecule has 0 saturated heterocycles. The summed E-state index contributed by atoms with van der Waals surface area (Å²) in [6.45, 7) is 10.9. The molecule has 2 aromatic heterocycles. The van der Waals surface area contributed by atoms with E-state index < -0.39 is 14.4 Å². The first-order valence-corrected chi connectivity index (χ1v) is 15.7. The van der Waals surface area contributed by atoms with Crippen molar-refractivity contribution in [3.05, 3.63) is 16.8 Å². The van der Waals surface area contributed by atoms with Gasteiger partial charge >= 0.3 is 0 Å². The van der Waals surface area contributed by atoms with Crippen LogP contribution in [0.1, 0.15) is 82.1 Å². The topological polar surface area (TPSA) is 87.3 Å². The first-order valence-electron chi connectivity index (χ1n) is 12.0. The highest BCUT2D eigenvalue weighted by atomic mass is 32.1. The lowest BCUT2D eigenvalue weighted by Crippen LogP contribution is -2.48. The number of aromatic nitrogens is 2. The lowest BCUT2D eigenvalue weighted by atomic mass is 9.94. The molecule has 0 radical (unpaired) electrons. The summed E-state index contributed by atoms with van der Waals surface area (Å²) in [7, 11) is -2.12. The molecule has 4 rings (SSSR count). The van der Waals surface area contributed by atoms with Gasteiger partial charge in [0.1, 0.15) is 23.4 Å². The number of ether oxygens (including phenoxy) is 1. The number of hydrogen-bond acceptors (Lipinski definition) is 6. The highest BCUT2D eigenvalue weighted by Crippen LogP contribution is 2.48. The van der Waals surface area contributed by atoms with Gasteiger partial charge in [0.25, 0.3) is 0 Å². The van der Waals surface area contributed by atoms with Gasteiger partial charge in [-0.3, -0.25) is 4.79 Å². The molecule has 0 aromatic carbocycles. The minimum atomic E-state index is -2.12. The molecule has 0 bridgehead atoms. The molecular formula is C24H37N3O3SSi. The molecule has 6 nitrogen and oxygen atoms in total. The number of fused-ring (bicyclic) bond motifs is 3. The molecule has 2 atom stereocenters. The highest BCUT2D eigenvalue weighted by molar-refractivity contribution is 7.19. The van der Waals surface area contributed by atoms with E-state index >= 15 is 0 Å². The monoisotopic (exact) mass is 475 g/mol. The summed E-state index contributed by atoms with van der Waals surface area (Å²) < 4.78 is 12.9. The van der Waals surface area contributed by atoms with Crippen molar-refractivity contribution < 1.29 is 14.0 Å². The van der Waals surface area contributed by atoms with Crippen LogP contribution in [0.3, 0.4) is 0 Å². The lowest BCUT2D eigenvalue weighted by molar-refractivity contribution is -0.125. The first kappa shape index (κ1) is 23.6. The number of primary amides is 1. The van der Waals surface area contributed by atoms with Crippen LogP contribution in [0.2, 0.25) is 18.1 Å². The van der Waals surface area contributed by atoms with Crippen LogP contribution in [0.15, 0.2) is 6.33 Å². The lowest BCUT2D eigenvalue weighted by Gasteiger charge is -2.39. The number of amides is 1. The van der Waals surface area contributed by atoms with Crippen molar-refractivity contribution in [3.63, 3.8) is 0 Å². The second kappa shape index (κ2) is 9.03. The quantitative estimate of drug-likeness (QED) is 0.519. The third-order valence-electron chi connectivity index (χ3n) is 7.58. The van der Waals surface area contributed by atoms with Gasteiger partial charge < -0.3 is 14.9 Å². The predicted molar refractivity (Wildman–Crippen MR) is 132 cm³/mol. The molecular weight excluding hydrogens is 438 g/mol. The van der Waals surface area contributed by atoms with E-state index in [1.807, 2.05) is 0 Å². The normalized spacial score (nSPS) is 21.0. The first-order chi connectivity index (χ1) is 15.1. The van der Waals surface area contributed by atoms with E-state index in [2.05, 4.69) is 43.8 Å². The van der Waals surface area contributed by atoms with E-state index in [9.17, 15) is 4.79 Å². The van der Waals surface area contributed by atoms with Gasteiger partial charge in [-0.1, -0.05) is 27.2 Å². The number of carbonyl (C=O) groups excluding carboxylic acids is 1. The third-order valence-corrected chi connectivity index (χ3v) is 13.2. The number of aryl methyl sites for hydroxylation is 1. The van der Waals surface area contributed by atoms with Crippen LogP contribution in [-0.2, 0) is 15.6 Å². The predicted octanol–water partition coefficient (Wildman–Crippen LogP) is 5.70. The summed E-state index contributed by atoms with van der Waals surface area (Å²) in [6, 6.07) is 0. The van der Waals surface area contributed by atoms with Gasteiger partial charge in [-0.05, 0) is 74.6 Å². The fourth-order valence-corrected chi connectivity index (χ4v) is 7.23. The number of nitrogens with two attached hydrogens (primary N) is 1. The van der Waals surface area contributed by atoms with Crippen molar-refractivity contribution in [2.24, 2.45) is 5.73 Å². The van der Waals surface area contributed by atoms with Gasteiger partial charge in [0.2, 0.25) is 11.8 Å². The zero-order valence-corrected chi connectivity index (χ0v) is 21.9. The van der Waals surface area contributed by atoms with Crippen molar-refractivity contribution >= 4 is 35.8 Å². The maximum absolute atomic E-state index is 12.4. The average Bonchev–Trinajstić information content (AvgIpc) is 3.27. The van der Waals surface area contributed by atoms with E-state index in [0.717, 1.165) is 35.9 Å². The van der Waals surface area contributed by atoms with Crippen LogP contribution in [0.25, 0.3) is 10.2 Å². The van der Waals surface area contributed by atoms with Crippen LogP contribution in [0.4, 0.5) is 0 Å². The van der Waals surface area contributed by atoms with Crippen molar-refractivity contribution in [2.45, 2.75) is 108 Å². The largest absolute Gasteiger partial charge is 0.474 e. The molecule has 2 aromatic rings. The summed E-state index contributed by atoms with van der Waals surface area (Å²) in [5.74, 6) is 0.561. The molecule has 2 heterocycles. The Hall–Kier alpha value is -1.51. The Balaban J connectivity index is 1.62. The van der Waals surface area contributed by atoms with E-state index in [4.69, 9.17) is 14.9 Å². The molecule has 8 heteroatoms. The maximum Gasteiger partial charge on any atom is 0.245 e. The van der Waals surface area contributed by atoms with Gasteiger partial charge in [0.05, 0.1) is 5.39 Å².